The highest BCUT2D eigenvalue weighted by atomic mass is 35.5. The van der Waals surface area contributed by atoms with Gasteiger partial charge in [-0.2, -0.15) is 0 Å². The van der Waals surface area contributed by atoms with Crippen molar-refractivity contribution < 1.29 is 0 Å². The molecular formula is C6H4ClN3S. The Labute approximate surface area is 72.1 Å². The smallest absolute Gasteiger partial charge is 0.191 e. The van der Waals surface area contributed by atoms with Crippen LogP contribution in [0.4, 0.5) is 0 Å². The maximum absolute atomic E-state index is 5.66. The molecule has 2 aromatic heterocycles. The average Bonchev–Trinajstić information content (AvgIpc) is 2.27. The van der Waals surface area contributed by atoms with Crippen LogP contribution >= 0.6 is 22.9 Å². The summed E-state index contributed by atoms with van der Waals surface area (Å²) in [7, 11) is 0. The molecule has 0 spiro atoms. The van der Waals surface area contributed by atoms with E-state index in [2.05, 4.69) is 15.0 Å². The van der Waals surface area contributed by atoms with E-state index in [0.717, 1.165) is 10.5 Å². The number of nitrogens with zero attached hydrogens (tertiary/aromatic N) is 3. The van der Waals surface area contributed by atoms with Crippen LogP contribution in [0.3, 0.4) is 0 Å². The zero-order valence-corrected chi connectivity index (χ0v) is 7.28. The SMILES string of the molecule is Cc1cnc2nc(Cl)sc2n1. The van der Waals surface area contributed by atoms with Gasteiger partial charge >= 0.3 is 0 Å². The van der Waals surface area contributed by atoms with E-state index in [1.165, 1.54) is 11.3 Å². The molecule has 2 heterocycles. The lowest BCUT2D eigenvalue weighted by Gasteiger charge is -1.86. The minimum atomic E-state index is 0.491. The molecule has 0 aliphatic heterocycles. The van der Waals surface area contributed by atoms with E-state index in [-0.39, 0.29) is 0 Å². The first-order chi connectivity index (χ1) is 5.25. The van der Waals surface area contributed by atoms with Crippen molar-refractivity contribution in [1.29, 1.82) is 0 Å². The van der Waals surface area contributed by atoms with Gasteiger partial charge in [0, 0.05) is 0 Å². The molecule has 0 saturated heterocycles. The Balaban J connectivity index is 2.82. The maximum Gasteiger partial charge on any atom is 0.191 e. The molecule has 0 amide bonds. The van der Waals surface area contributed by atoms with Crippen LogP contribution < -0.4 is 0 Å². The van der Waals surface area contributed by atoms with Gasteiger partial charge in [0.25, 0.3) is 0 Å². The number of rotatable bonds is 0. The van der Waals surface area contributed by atoms with Crippen molar-refractivity contribution in [3.63, 3.8) is 0 Å². The van der Waals surface area contributed by atoms with Crippen molar-refractivity contribution in [2.75, 3.05) is 0 Å². The molecule has 0 aromatic carbocycles. The van der Waals surface area contributed by atoms with Gasteiger partial charge in [-0.15, -0.1) is 0 Å². The van der Waals surface area contributed by atoms with Crippen LogP contribution in [0.15, 0.2) is 6.20 Å². The van der Waals surface area contributed by atoms with Crippen LogP contribution in [0, 0.1) is 6.92 Å². The first kappa shape index (κ1) is 6.94. The fraction of sp³-hybridized carbons (Fsp3) is 0.167. The normalized spacial score (nSPS) is 10.7. The van der Waals surface area contributed by atoms with Gasteiger partial charge < -0.3 is 0 Å². The number of aromatic nitrogens is 3. The van der Waals surface area contributed by atoms with Gasteiger partial charge in [0.2, 0.25) is 0 Å². The fourth-order valence-corrected chi connectivity index (χ4v) is 1.75. The molecule has 0 aliphatic rings. The monoisotopic (exact) mass is 185 g/mol. The number of aryl methyl sites for hydroxylation is 1. The van der Waals surface area contributed by atoms with Crippen LogP contribution in [0.2, 0.25) is 4.47 Å². The van der Waals surface area contributed by atoms with E-state index in [4.69, 9.17) is 11.6 Å². The molecule has 0 aliphatic carbocycles. The predicted octanol–water partition coefficient (Wildman–Crippen LogP) is 2.05. The van der Waals surface area contributed by atoms with E-state index < -0.39 is 0 Å². The molecule has 56 valence electrons. The Bertz CT molecular complexity index is 398. The molecule has 0 unspecified atom stereocenters. The van der Waals surface area contributed by atoms with Crippen LogP contribution in [0.25, 0.3) is 10.5 Å². The molecule has 2 rings (SSSR count). The summed E-state index contributed by atoms with van der Waals surface area (Å²) in [5, 5.41) is 0. The van der Waals surface area contributed by atoms with E-state index in [0.29, 0.717) is 10.1 Å². The van der Waals surface area contributed by atoms with E-state index in [1.54, 1.807) is 6.20 Å². The minimum Gasteiger partial charge on any atom is -0.237 e. The average molecular weight is 186 g/mol. The second-order valence-corrected chi connectivity index (χ2v) is 3.67. The lowest BCUT2D eigenvalue weighted by molar-refractivity contribution is 1.18. The summed E-state index contributed by atoms with van der Waals surface area (Å²) in [6.07, 6.45) is 1.68. The predicted molar refractivity (Wildman–Crippen MR) is 45.0 cm³/mol. The van der Waals surface area contributed by atoms with Gasteiger partial charge in [-0.25, -0.2) is 15.0 Å². The number of fused-ring (bicyclic) bond motifs is 1. The zero-order valence-electron chi connectivity index (χ0n) is 5.71. The van der Waals surface area contributed by atoms with Crippen LogP contribution in [-0.4, -0.2) is 15.0 Å². The lowest BCUT2D eigenvalue weighted by atomic mass is 10.5. The summed E-state index contributed by atoms with van der Waals surface area (Å²) in [5.74, 6) is 0. The molecule has 5 heteroatoms. The summed E-state index contributed by atoms with van der Waals surface area (Å²) < 4.78 is 0.491. The summed E-state index contributed by atoms with van der Waals surface area (Å²) in [6.45, 7) is 1.89. The van der Waals surface area contributed by atoms with Gasteiger partial charge in [0.1, 0.15) is 0 Å². The summed E-state index contributed by atoms with van der Waals surface area (Å²) >= 11 is 7.01. The molecule has 0 bridgehead atoms. The standard InChI is InChI=1S/C6H4ClN3S/c1-3-2-8-4-5(9-3)11-6(7)10-4/h2H,1H3. The Morgan fingerprint density at radius 2 is 2.27 bits per heavy atom. The van der Waals surface area contributed by atoms with Crippen molar-refractivity contribution >= 4 is 33.4 Å². The number of halogens is 1. The number of thiazole rings is 1. The highest BCUT2D eigenvalue weighted by molar-refractivity contribution is 7.21. The van der Waals surface area contributed by atoms with Crippen LogP contribution in [-0.2, 0) is 0 Å². The molecule has 0 radical (unpaired) electrons. The second-order valence-electron chi connectivity index (χ2n) is 2.11. The Hall–Kier alpha value is -0.740. The summed E-state index contributed by atoms with van der Waals surface area (Å²) in [6, 6.07) is 0. The Morgan fingerprint density at radius 3 is 3.09 bits per heavy atom. The maximum atomic E-state index is 5.66. The Kier molecular flexibility index (Phi) is 1.51. The first-order valence-electron chi connectivity index (χ1n) is 3.01. The van der Waals surface area contributed by atoms with Crippen molar-refractivity contribution in [2.24, 2.45) is 0 Å². The van der Waals surface area contributed by atoms with Gasteiger partial charge in [0.15, 0.2) is 14.9 Å². The summed E-state index contributed by atoms with van der Waals surface area (Å²) in [4.78, 5) is 13.0. The van der Waals surface area contributed by atoms with E-state index in [9.17, 15) is 0 Å². The second kappa shape index (κ2) is 2.39. The highest BCUT2D eigenvalue weighted by Gasteiger charge is 2.02. The molecule has 0 atom stereocenters. The van der Waals surface area contributed by atoms with Crippen molar-refractivity contribution in [3.8, 4) is 0 Å². The first-order valence-corrected chi connectivity index (χ1v) is 4.21. The number of hydrogen-bond donors (Lipinski definition) is 0. The molecule has 2 aromatic rings. The third-order valence-electron chi connectivity index (χ3n) is 1.22. The molecule has 3 nitrogen and oxygen atoms in total. The fourth-order valence-electron chi connectivity index (χ4n) is 0.780. The van der Waals surface area contributed by atoms with Gasteiger partial charge in [-0.05, 0) is 6.92 Å². The highest BCUT2D eigenvalue weighted by Crippen LogP contribution is 2.21. The minimum absolute atomic E-state index is 0.491. The van der Waals surface area contributed by atoms with E-state index in [1.807, 2.05) is 6.92 Å². The van der Waals surface area contributed by atoms with Crippen molar-refractivity contribution in [1.82, 2.24) is 15.0 Å². The zero-order chi connectivity index (χ0) is 7.84. The molecule has 11 heavy (non-hydrogen) atoms. The Morgan fingerprint density at radius 1 is 1.45 bits per heavy atom. The quantitative estimate of drug-likeness (QED) is 0.631. The van der Waals surface area contributed by atoms with Gasteiger partial charge in [-0.1, -0.05) is 22.9 Å². The topological polar surface area (TPSA) is 38.7 Å². The molecular weight excluding hydrogens is 182 g/mol. The van der Waals surface area contributed by atoms with Gasteiger partial charge in [-0.3, -0.25) is 0 Å². The van der Waals surface area contributed by atoms with Crippen LogP contribution in [0.1, 0.15) is 5.69 Å². The number of hydrogen-bond acceptors (Lipinski definition) is 4. The molecule has 0 N–H and O–H groups in total. The van der Waals surface area contributed by atoms with Crippen LogP contribution in [0.5, 0.6) is 0 Å². The summed E-state index contributed by atoms with van der Waals surface area (Å²) in [5.41, 5.74) is 1.52. The lowest BCUT2D eigenvalue weighted by Crippen LogP contribution is -1.82. The third kappa shape index (κ3) is 1.19. The van der Waals surface area contributed by atoms with Crippen molar-refractivity contribution in [3.05, 3.63) is 16.4 Å². The van der Waals surface area contributed by atoms with Gasteiger partial charge in [0.05, 0.1) is 11.9 Å². The molecule has 0 saturated carbocycles. The third-order valence-corrected chi connectivity index (χ3v) is 2.26. The molecule has 0 fully saturated rings. The largest absolute Gasteiger partial charge is 0.237 e. The van der Waals surface area contributed by atoms with Crippen molar-refractivity contribution in [2.45, 2.75) is 6.92 Å². The van der Waals surface area contributed by atoms with E-state index >= 15 is 0 Å².